The molecule has 1 aliphatic rings. The van der Waals surface area contributed by atoms with Crippen LogP contribution in [0.1, 0.15) is 55.1 Å². The van der Waals surface area contributed by atoms with Crippen LogP contribution >= 0.6 is 0 Å². The lowest BCUT2D eigenvalue weighted by Crippen LogP contribution is -2.17. The summed E-state index contributed by atoms with van der Waals surface area (Å²) >= 11 is 0. The van der Waals surface area contributed by atoms with E-state index in [1.807, 2.05) is 13.0 Å². The number of hydrogen-bond donors (Lipinski definition) is 1. The van der Waals surface area contributed by atoms with Gasteiger partial charge >= 0.3 is 5.97 Å². The molecule has 116 valence electrons. The maximum absolute atomic E-state index is 11.5. The number of nitrogens with one attached hydrogen (secondary N) is 1. The highest BCUT2D eigenvalue weighted by Gasteiger charge is 2.18. The Morgan fingerprint density at radius 2 is 2.24 bits per heavy atom. The lowest BCUT2D eigenvalue weighted by Gasteiger charge is -2.26. The Balaban J connectivity index is 1.83. The van der Waals surface area contributed by atoms with E-state index in [2.05, 4.69) is 17.2 Å². The first-order valence-electron chi connectivity index (χ1n) is 7.90. The third-order valence-corrected chi connectivity index (χ3v) is 4.39. The average Bonchev–Trinajstić information content (AvgIpc) is 2.47. The maximum Gasteiger partial charge on any atom is 0.339 e. The third kappa shape index (κ3) is 4.45. The summed E-state index contributed by atoms with van der Waals surface area (Å²) < 4.78 is 4.73. The van der Waals surface area contributed by atoms with Gasteiger partial charge < -0.3 is 10.1 Å². The summed E-state index contributed by atoms with van der Waals surface area (Å²) in [5, 5.41) is 3.37. The van der Waals surface area contributed by atoms with Gasteiger partial charge in [-0.1, -0.05) is 26.2 Å². The number of carbonyl (C=O) groups excluding carboxylic acids is 1. The van der Waals surface area contributed by atoms with Crippen molar-refractivity contribution in [2.75, 3.05) is 19.0 Å². The van der Waals surface area contributed by atoms with Gasteiger partial charge in [0.15, 0.2) is 0 Å². The molecule has 1 aromatic rings. The quantitative estimate of drug-likeness (QED) is 0.838. The number of pyridine rings is 1. The van der Waals surface area contributed by atoms with Gasteiger partial charge in [0, 0.05) is 6.54 Å². The van der Waals surface area contributed by atoms with Gasteiger partial charge in [-0.15, -0.1) is 0 Å². The number of aromatic nitrogens is 1. The first-order chi connectivity index (χ1) is 10.1. The van der Waals surface area contributed by atoms with Gasteiger partial charge in [-0.25, -0.2) is 9.78 Å². The molecule has 0 aromatic carbocycles. The molecule has 0 radical (unpaired) electrons. The SMILES string of the molecule is COC(=O)c1ccc(NCCC2CCCC(C)C2)nc1C. The van der Waals surface area contributed by atoms with Crippen molar-refractivity contribution in [1.82, 2.24) is 4.98 Å². The largest absolute Gasteiger partial charge is 0.465 e. The van der Waals surface area contributed by atoms with Crippen molar-refractivity contribution in [3.8, 4) is 0 Å². The van der Waals surface area contributed by atoms with Crippen molar-refractivity contribution in [2.24, 2.45) is 11.8 Å². The van der Waals surface area contributed by atoms with E-state index in [1.165, 1.54) is 39.2 Å². The fourth-order valence-corrected chi connectivity index (χ4v) is 3.21. The lowest BCUT2D eigenvalue weighted by molar-refractivity contribution is 0.0599. The topological polar surface area (TPSA) is 51.2 Å². The highest BCUT2D eigenvalue weighted by atomic mass is 16.5. The van der Waals surface area contributed by atoms with E-state index in [9.17, 15) is 4.79 Å². The zero-order valence-corrected chi connectivity index (χ0v) is 13.3. The van der Waals surface area contributed by atoms with Crippen LogP contribution in [0.3, 0.4) is 0 Å². The Kier molecular flexibility index (Phi) is 5.59. The standard InChI is InChI=1S/C17H26N2O2/c1-12-5-4-6-14(11-12)9-10-18-16-8-7-15(13(2)19-16)17(20)21-3/h7-8,12,14H,4-6,9-11H2,1-3H3,(H,18,19). The number of esters is 1. The van der Waals surface area contributed by atoms with Crippen LogP contribution in [-0.4, -0.2) is 24.6 Å². The van der Waals surface area contributed by atoms with Crippen molar-refractivity contribution in [1.29, 1.82) is 0 Å². The van der Waals surface area contributed by atoms with Crippen LogP contribution < -0.4 is 5.32 Å². The van der Waals surface area contributed by atoms with E-state index in [0.717, 1.165) is 24.2 Å². The molecule has 4 nitrogen and oxygen atoms in total. The van der Waals surface area contributed by atoms with Gasteiger partial charge in [0.2, 0.25) is 0 Å². The molecule has 21 heavy (non-hydrogen) atoms. The van der Waals surface area contributed by atoms with Crippen molar-refractivity contribution in [3.63, 3.8) is 0 Å². The molecular formula is C17H26N2O2. The van der Waals surface area contributed by atoms with E-state index in [4.69, 9.17) is 4.74 Å². The normalized spacial score (nSPS) is 21.9. The van der Waals surface area contributed by atoms with Crippen molar-refractivity contribution in [2.45, 2.75) is 46.0 Å². The monoisotopic (exact) mass is 290 g/mol. The molecule has 4 heteroatoms. The zero-order chi connectivity index (χ0) is 15.2. The predicted molar refractivity (Wildman–Crippen MR) is 84.5 cm³/mol. The van der Waals surface area contributed by atoms with E-state index >= 15 is 0 Å². The summed E-state index contributed by atoms with van der Waals surface area (Å²) in [6.07, 6.45) is 6.68. The molecule has 2 unspecified atom stereocenters. The van der Waals surface area contributed by atoms with Gasteiger partial charge in [-0.3, -0.25) is 0 Å². The predicted octanol–water partition coefficient (Wildman–Crippen LogP) is 3.80. The number of nitrogens with zero attached hydrogens (tertiary/aromatic N) is 1. The lowest BCUT2D eigenvalue weighted by atomic mass is 9.81. The molecular weight excluding hydrogens is 264 g/mol. The van der Waals surface area contributed by atoms with Gasteiger partial charge in [0.25, 0.3) is 0 Å². The minimum Gasteiger partial charge on any atom is -0.465 e. The number of carbonyl (C=O) groups is 1. The molecule has 1 saturated carbocycles. The number of aryl methyl sites for hydroxylation is 1. The van der Waals surface area contributed by atoms with E-state index in [0.29, 0.717) is 11.3 Å². The molecule has 1 heterocycles. The molecule has 1 aromatic heterocycles. The maximum atomic E-state index is 11.5. The molecule has 1 N–H and O–H groups in total. The second-order valence-electron chi connectivity index (χ2n) is 6.17. The second-order valence-corrected chi connectivity index (χ2v) is 6.17. The van der Waals surface area contributed by atoms with E-state index < -0.39 is 0 Å². The molecule has 0 aliphatic heterocycles. The molecule has 1 fully saturated rings. The molecule has 0 bridgehead atoms. The van der Waals surface area contributed by atoms with Crippen molar-refractivity contribution >= 4 is 11.8 Å². The van der Waals surface area contributed by atoms with Gasteiger partial charge in [-0.05, 0) is 43.7 Å². The van der Waals surface area contributed by atoms with Crippen LogP contribution in [0.5, 0.6) is 0 Å². The fraction of sp³-hybridized carbons (Fsp3) is 0.647. The highest BCUT2D eigenvalue weighted by Crippen LogP contribution is 2.30. The Morgan fingerprint density at radius 3 is 2.90 bits per heavy atom. The third-order valence-electron chi connectivity index (χ3n) is 4.39. The first kappa shape index (κ1) is 15.8. The summed E-state index contributed by atoms with van der Waals surface area (Å²) in [5.41, 5.74) is 1.24. The number of rotatable bonds is 5. The summed E-state index contributed by atoms with van der Waals surface area (Å²) in [4.78, 5) is 15.9. The van der Waals surface area contributed by atoms with Gasteiger partial charge in [-0.2, -0.15) is 0 Å². The van der Waals surface area contributed by atoms with Crippen LogP contribution in [0.2, 0.25) is 0 Å². The van der Waals surface area contributed by atoms with Crippen LogP contribution in [0, 0.1) is 18.8 Å². The number of hydrogen-bond acceptors (Lipinski definition) is 4. The molecule has 1 aliphatic carbocycles. The minimum absolute atomic E-state index is 0.331. The van der Waals surface area contributed by atoms with E-state index in [1.54, 1.807) is 6.07 Å². The molecule has 0 spiro atoms. The van der Waals surface area contributed by atoms with Crippen LogP contribution in [0.25, 0.3) is 0 Å². The van der Waals surface area contributed by atoms with E-state index in [-0.39, 0.29) is 5.97 Å². The zero-order valence-electron chi connectivity index (χ0n) is 13.3. The Bertz CT molecular complexity index is 488. The van der Waals surface area contributed by atoms with Gasteiger partial charge in [0.05, 0.1) is 18.4 Å². The molecule has 2 atom stereocenters. The van der Waals surface area contributed by atoms with Crippen LogP contribution in [0.15, 0.2) is 12.1 Å². The van der Waals surface area contributed by atoms with Gasteiger partial charge in [0.1, 0.15) is 5.82 Å². The average molecular weight is 290 g/mol. The summed E-state index contributed by atoms with van der Waals surface area (Å²) in [6.45, 7) is 5.14. The smallest absolute Gasteiger partial charge is 0.339 e. The highest BCUT2D eigenvalue weighted by molar-refractivity contribution is 5.90. The van der Waals surface area contributed by atoms with Crippen molar-refractivity contribution < 1.29 is 9.53 Å². The van der Waals surface area contributed by atoms with Crippen molar-refractivity contribution in [3.05, 3.63) is 23.4 Å². The number of ether oxygens (including phenoxy) is 1. The minimum atomic E-state index is -0.331. The Labute approximate surface area is 127 Å². The second kappa shape index (κ2) is 7.43. The van der Waals surface area contributed by atoms with Crippen LogP contribution in [-0.2, 0) is 4.74 Å². The van der Waals surface area contributed by atoms with Crippen LogP contribution in [0.4, 0.5) is 5.82 Å². The summed E-state index contributed by atoms with van der Waals surface area (Å²) in [5.74, 6) is 2.23. The first-order valence-corrected chi connectivity index (χ1v) is 7.90. The fourth-order valence-electron chi connectivity index (χ4n) is 3.21. The number of anilines is 1. The molecule has 0 amide bonds. The number of methoxy groups -OCH3 is 1. The Morgan fingerprint density at radius 1 is 1.43 bits per heavy atom. The molecule has 0 saturated heterocycles. The molecule has 2 rings (SSSR count). The summed E-state index contributed by atoms with van der Waals surface area (Å²) in [7, 11) is 1.39. The Hall–Kier alpha value is -1.58. The summed E-state index contributed by atoms with van der Waals surface area (Å²) in [6, 6.07) is 3.63.